The molecule has 1 rings (SSSR count). The first-order chi connectivity index (χ1) is 6.15. The average Bonchev–Trinajstić information content (AvgIpc) is 2.46. The summed E-state index contributed by atoms with van der Waals surface area (Å²) in [6.45, 7) is 0.341. The molecule has 6 heteroatoms. The van der Waals surface area contributed by atoms with Crippen molar-refractivity contribution in [1.82, 2.24) is 9.78 Å². The second-order valence-corrected chi connectivity index (χ2v) is 3.82. The number of carbonyl (C=O) groups is 1. The third-order valence-corrected chi connectivity index (χ3v) is 2.17. The molecule has 1 aromatic rings. The van der Waals surface area contributed by atoms with E-state index >= 15 is 0 Å². The first-order valence-corrected chi connectivity index (χ1v) is 4.85. The van der Waals surface area contributed by atoms with E-state index in [-0.39, 0.29) is 0 Å². The van der Waals surface area contributed by atoms with Crippen LogP contribution >= 0.6 is 22.6 Å². The van der Waals surface area contributed by atoms with Crippen LogP contribution in [0.1, 0.15) is 12.5 Å². The van der Waals surface area contributed by atoms with Crippen LogP contribution in [-0.4, -0.2) is 27.4 Å². The molecule has 0 aliphatic rings. The van der Waals surface area contributed by atoms with Gasteiger partial charge in [0.25, 0.3) is 0 Å². The number of nitrogens with zero attached hydrogens (tertiary/aromatic N) is 2. The van der Waals surface area contributed by atoms with Gasteiger partial charge in [0.15, 0.2) is 6.04 Å². The van der Waals surface area contributed by atoms with Crippen molar-refractivity contribution in [2.45, 2.75) is 12.5 Å². The summed E-state index contributed by atoms with van der Waals surface area (Å²) in [5.74, 6) is -0.898. The lowest BCUT2D eigenvalue weighted by atomic mass is 10.2. The van der Waals surface area contributed by atoms with Crippen molar-refractivity contribution in [1.29, 1.82) is 0 Å². The molecule has 0 aromatic carbocycles. The smallest absolute Gasteiger partial charge is 0.328 e. The van der Waals surface area contributed by atoms with Gasteiger partial charge in [-0.25, -0.2) is 4.79 Å². The number of hydrogen-bond donors (Lipinski definition) is 2. The Morgan fingerprint density at radius 1 is 1.85 bits per heavy atom. The molecule has 0 aliphatic carbocycles. The van der Waals surface area contributed by atoms with Crippen LogP contribution in [0.3, 0.4) is 0 Å². The van der Waals surface area contributed by atoms with Crippen LogP contribution in [0.5, 0.6) is 0 Å². The van der Waals surface area contributed by atoms with Crippen LogP contribution in [0.2, 0.25) is 0 Å². The van der Waals surface area contributed by atoms with Gasteiger partial charge in [-0.05, 0) is 35.6 Å². The molecule has 1 atom stereocenters. The number of carboxylic acid groups (broad SMARTS) is 1. The summed E-state index contributed by atoms with van der Waals surface area (Å²) in [6.07, 6.45) is 3.70. The Morgan fingerprint density at radius 2 is 2.54 bits per heavy atom. The maximum atomic E-state index is 10.8. The Labute approximate surface area is 89.1 Å². The summed E-state index contributed by atoms with van der Waals surface area (Å²) < 4.78 is 2.35. The van der Waals surface area contributed by atoms with Crippen molar-refractivity contribution in [3.05, 3.63) is 16.0 Å². The first kappa shape index (κ1) is 10.5. The van der Waals surface area contributed by atoms with Crippen LogP contribution in [0.25, 0.3) is 0 Å². The number of aromatic nitrogens is 2. The molecule has 3 N–H and O–H groups in total. The van der Waals surface area contributed by atoms with E-state index in [0.717, 1.165) is 3.57 Å². The second kappa shape index (κ2) is 4.56. The molecule has 1 unspecified atom stereocenters. The van der Waals surface area contributed by atoms with E-state index in [9.17, 15) is 4.79 Å². The van der Waals surface area contributed by atoms with E-state index < -0.39 is 12.0 Å². The van der Waals surface area contributed by atoms with Gasteiger partial charge in [-0.3, -0.25) is 4.68 Å². The molecular weight excluding hydrogens is 285 g/mol. The predicted octanol–water partition coefficient (Wildman–Crippen LogP) is 0.462. The van der Waals surface area contributed by atoms with Gasteiger partial charge in [-0.2, -0.15) is 5.10 Å². The van der Waals surface area contributed by atoms with Crippen molar-refractivity contribution in [3.63, 3.8) is 0 Å². The molecular formula is C7H10IN3O2. The Balaban J connectivity index is 2.81. The number of nitrogens with two attached hydrogens (primary N) is 1. The minimum absolute atomic E-state index is 0.341. The standard InChI is InChI=1S/C7H10IN3O2/c8-5-3-10-11(4-5)6(1-2-9)7(12)13/h3-4,6H,1-2,9H2,(H,12,13). The van der Waals surface area contributed by atoms with Gasteiger partial charge in [0.2, 0.25) is 0 Å². The third-order valence-electron chi connectivity index (χ3n) is 1.61. The first-order valence-electron chi connectivity index (χ1n) is 3.77. The number of rotatable bonds is 4. The maximum absolute atomic E-state index is 10.8. The Bertz CT molecular complexity index is 300. The van der Waals surface area contributed by atoms with E-state index in [0.29, 0.717) is 13.0 Å². The zero-order chi connectivity index (χ0) is 9.84. The van der Waals surface area contributed by atoms with Crippen molar-refractivity contribution < 1.29 is 9.90 Å². The van der Waals surface area contributed by atoms with Crippen molar-refractivity contribution in [2.75, 3.05) is 6.54 Å². The molecule has 0 amide bonds. The number of hydrogen-bond acceptors (Lipinski definition) is 3. The van der Waals surface area contributed by atoms with Crippen LogP contribution < -0.4 is 5.73 Å². The summed E-state index contributed by atoms with van der Waals surface area (Å²) in [4.78, 5) is 10.8. The van der Waals surface area contributed by atoms with E-state index in [1.165, 1.54) is 4.68 Å². The topological polar surface area (TPSA) is 81.1 Å². The fraction of sp³-hybridized carbons (Fsp3) is 0.429. The minimum atomic E-state index is -0.898. The fourth-order valence-electron chi connectivity index (χ4n) is 1.01. The zero-order valence-corrected chi connectivity index (χ0v) is 9.01. The summed E-state index contributed by atoms with van der Waals surface area (Å²) in [6, 6.07) is -0.645. The van der Waals surface area contributed by atoms with Crippen molar-refractivity contribution >= 4 is 28.6 Å². The molecule has 0 fully saturated rings. The lowest BCUT2D eigenvalue weighted by molar-refractivity contribution is -0.141. The number of aliphatic carboxylic acids is 1. The highest BCUT2D eigenvalue weighted by Crippen LogP contribution is 2.12. The Kier molecular flexibility index (Phi) is 3.67. The zero-order valence-electron chi connectivity index (χ0n) is 6.85. The molecule has 0 saturated heterocycles. The predicted molar refractivity (Wildman–Crippen MR) is 55.3 cm³/mol. The average molecular weight is 295 g/mol. The van der Waals surface area contributed by atoms with E-state index in [1.54, 1.807) is 12.4 Å². The maximum Gasteiger partial charge on any atom is 0.328 e. The lowest BCUT2D eigenvalue weighted by Crippen LogP contribution is -2.22. The SMILES string of the molecule is NCCC(C(=O)O)n1cc(I)cn1. The highest BCUT2D eigenvalue weighted by atomic mass is 127. The molecule has 0 bridgehead atoms. The molecule has 1 heterocycles. The second-order valence-electron chi connectivity index (χ2n) is 2.57. The largest absolute Gasteiger partial charge is 0.480 e. The van der Waals surface area contributed by atoms with Gasteiger partial charge >= 0.3 is 5.97 Å². The monoisotopic (exact) mass is 295 g/mol. The van der Waals surface area contributed by atoms with Gasteiger partial charge in [-0.1, -0.05) is 0 Å². The fourth-order valence-corrected chi connectivity index (χ4v) is 1.42. The highest BCUT2D eigenvalue weighted by Gasteiger charge is 2.18. The molecule has 0 spiro atoms. The van der Waals surface area contributed by atoms with Crippen LogP contribution in [0, 0.1) is 3.57 Å². The van der Waals surface area contributed by atoms with Crippen LogP contribution in [0.15, 0.2) is 12.4 Å². The van der Waals surface area contributed by atoms with Gasteiger partial charge in [0.1, 0.15) is 0 Å². The van der Waals surface area contributed by atoms with E-state index in [1.807, 2.05) is 0 Å². The quantitative estimate of drug-likeness (QED) is 0.791. The van der Waals surface area contributed by atoms with E-state index in [2.05, 4.69) is 27.7 Å². The molecule has 13 heavy (non-hydrogen) atoms. The van der Waals surface area contributed by atoms with Gasteiger partial charge < -0.3 is 10.8 Å². The summed E-state index contributed by atoms with van der Waals surface area (Å²) in [5, 5.41) is 12.8. The van der Waals surface area contributed by atoms with E-state index in [4.69, 9.17) is 10.8 Å². The van der Waals surface area contributed by atoms with Crippen molar-refractivity contribution in [3.8, 4) is 0 Å². The number of halogens is 1. The van der Waals surface area contributed by atoms with Gasteiger partial charge in [-0.15, -0.1) is 0 Å². The molecule has 1 aromatic heterocycles. The summed E-state index contributed by atoms with van der Waals surface area (Å²) in [5.41, 5.74) is 5.31. The van der Waals surface area contributed by atoms with Crippen LogP contribution in [0.4, 0.5) is 0 Å². The van der Waals surface area contributed by atoms with Gasteiger partial charge in [0.05, 0.1) is 9.77 Å². The van der Waals surface area contributed by atoms with Crippen LogP contribution in [-0.2, 0) is 4.79 Å². The molecule has 0 radical (unpaired) electrons. The molecule has 5 nitrogen and oxygen atoms in total. The van der Waals surface area contributed by atoms with Gasteiger partial charge in [0, 0.05) is 6.20 Å². The Hall–Kier alpha value is -0.630. The lowest BCUT2D eigenvalue weighted by Gasteiger charge is -2.10. The molecule has 0 saturated carbocycles. The molecule has 72 valence electrons. The number of carboxylic acids is 1. The summed E-state index contributed by atoms with van der Waals surface area (Å²) >= 11 is 2.08. The normalized spacial score (nSPS) is 12.8. The highest BCUT2D eigenvalue weighted by molar-refractivity contribution is 14.1. The minimum Gasteiger partial charge on any atom is -0.480 e. The third kappa shape index (κ3) is 2.66. The Morgan fingerprint density at radius 3 is 2.92 bits per heavy atom. The summed E-state index contributed by atoms with van der Waals surface area (Å²) in [7, 11) is 0. The van der Waals surface area contributed by atoms with Crippen molar-refractivity contribution in [2.24, 2.45) is 5.73 Å². The molecule has 0 aliphatic heterocycles.